The molecule has 1 unspecified atom stereocenters. The van der Waals surface area contributed by atoms with Crippen LogP contribution in [0, 0.1) is 6.92 Å². The van der Waals surface area contributed by atoms with E-state index in [4.69, 9.17) is 16.3 Å². The maximum atomic E-state index is 12.8. The number of carbonyl (C=O) groups excluding carboxylic acids is 2. The topological polar surface area (TPSA) is 98.1 Å². The Hall–Kier alpha value is -3.26. The molecular formula is C19H19ClN4O4. The molecule has 8 nitrogen and oxygen atoms in total. The fraction of sp³-hybridized carbons (Fsp3) is 0.211. The lowest BCUT2D eigenvalue weighted by molar-refractivity contribution is -0.123. The van der Waals surface area contributed by atoms with Gasteiger partial charge in [0, 0.05) is 13.2 Å². The highest BCUT2D eigenvalue weighted by Gasteiger charge is 2.24. The van der Waals surface area contributed by atoms with E-state index in [2.05, 4.69) is 10.3 Å². The summed E-state index contributed by atoms with van der Waals surface area (Å²) in [5.74, 6) is -1.34. The number of aromatic amines is 1. The van der Waals surface area contributed by atoms with Gasteiger partial charge in [0.1, 0.15) is 11.4 Å². The van der Waals surface area contributed by atoms with Gasteiger partial charge in [-0.3, -0.25) is 14.3 Å². The van der Waals surface area contributed by atoms with Gasteiger partial charge in [-0.25, -0.2) is 9.48 Å². The Bertz CT molecular complexity index is 1080. The van der Waals surface area contributed by atoms with Crippen LogP contribution in [0.2, 0.25) is 5.02 Å². The number of aromatic nitrogens is 3. The third kappa shape index (κ3) is 3.72. The van der Waals surface area contributed by atoms with Crippen LogP contribution in [-0.4, -0.2) is 32.3 Å². The van der Waals surface area contributed by atoms with Gasteiger partial charge in [-0.1, -0.05) is 29.8 Å². The summed E-state index contributed by atoms with van der Waals surface area (Å²) in [5.41, 5.74) is 1.11. The molecule has 0 aliphatic heterocycles. The minimum absolute atomic E-state index is 0.127. The van der Waals surface area contributed by atoms with Gasteiger partial charge in [-0.15, -0.1) is 0 Å². The molecule has 0 radical (unpaired) electrons. The molecule has 146 valence electrons. The highest BCUT2D eigenvalue weighted by Crippen LogP contribution is 2.15. The second-order valence-corrected chi connectivity index (χ2v) is 6.64. The summed E-state index contributed by atoms with van der Waals surface area (Å²) in [6.45, 7) is 3.14. The number of amides is 1. The first kappa shape index (κ1) is 19.5. The normalized spacial score (nSPS) is 11.9. The number of hydrogen-bond acceptors (Lipinski definition) is 4. The van der Waals surface area contributed by atoms with Gasteiger partial charge in [0.25, 0.3) is 11.5 Å². The van der Waals surface area contributed by atoms with Gasteiger partial charge in [0.05, 0.1) is 16.4 Å². The van der Waals surface area contributed by atoms with Gasteiger partial charge in [-0.2, -0.15) is 0 Å². The largest absolute Gasteiger partial charge is 0.448 e. The van der Waals surface area contributed by atoms with Crippen molar-refractivity contribution in [3.05, 3.63) is 69.4 Å². The Morgan fingerprint density at radius 2 is 1.93 bits per heavy atom. The number of nitrogens with zero attached hydrogens (tertiary/aromatic N) is 2. The molecule has 2 aromatic heterocycles. The molecule has 3 rings (SSSR count). The minimum atomic E-state index is -1.11. The lowest BCUT2D eigenvalue weighted by Gasteiger charge is -2.12. The molecule has 0 aliphatic rings. The second kappa shape index (κ2) is 7.77. The number of nitrogens with one attached hydrogen (secondary N) is 2. The standard InChI is InChI=1S/C19H19ClN4O4/c1-11-16(18(26)24(23(11)3)14-7-5-4-6-8-14)22-17(25)12(2)28-19(27)15-9-13(20)10-21-15/h4-10,12,21H,1-3H3,(H,22,25). The number of carbonyl (C=O) groups is 2. The number of ether oxygens (including phenoxy) is 1. The molecule has 28 heavy (non-hydrogen) atoms. The van der Waals surface area contributed by atoms with E-state index in [9.17, 15) is 14.4 Å². The first-order valence-electron chi connectivity index (χ1n) is 8.49. The molecule has 0 saturated heterocycles. The molecule has 2 N–H and O–H groups in total. The average molecular weight is 403 g/mol. The maximum Gasteiger partial charge on any atom is 0.355 e. The van der Waals surface area contributed by atoms with E-state index in [1.807, 2.05) is 18.2 Å². The number of anilines is 1. The molecule has 3 aromatic rings. The zero-order valence-electron chi connectivity index (χ0n) is 15.5. The van der Waals surface area contributed by atoms with Crippen LogP contribution in [0.1, 0.15) is 23.1 Å². The molecule has 0 bridgehead atoms. The predicted octanol–water partition coefficient (Wildman–Crippen LogP) is 2.65. The molecule has 0 spiro atoms. The Morgan fingerprint density at radius 1 is 1.25 bits per heavy atom. The van der Waals surface area contributed by atoms with E-state index < -0.39 is 18.0 Å². The molecule has 1 aromatic carbocycles. The van der Waals surface area contributed by atoms with Crippen molar-refractivity contribution >= 4 is 29.2 Å². The van der Waals surface area contributed by atoms with E-state index in [1.54, 1.807) is 30.8 Å². The number of hydrogen-bond donors (Lipinski definition) is 2. The third-order valence-electron chi connectivity index (χ3n) is 4.32. The lowest BCUT2D eigenvalue weighted by atomic mass is 10.3. The quantitative estimate of drug-likeness (QED) is 0.641. The molecule has 0 saturated carbocycles. The van der Waals surface area contributed by atoms with Gasteiger partial charge in [-0.05, 0) is 32.0 Å². The second-order valence-electron chi connectivity index (χ2n) is 6.20. The van der Waals surface area contributed by atoms with Gasteiger partial charge < -0.3 is 15.0 Å². The number of H-pyrrole nitrogens is 1. The Morgan fingerprint density at radius 3 is 2.54 bits per heavy atom. The summed E-state index contributed by atoms with van der Waals surface area (Å²) >= 11 is 5.76. The van der Waals surface area contributed by atoms with Crippen LogP contribution in [0.25, 0.3) is 5.69 Å². The molecule has 2 heterocycles. The maximum absolute atomic E-state index is 12.8. The molecular weight excluding hydrogens is 384 g/mol. The van der Waals surface area contributed by atoms with E-state index in [-0.39, 0.29) is 16.9 Å². The summed E-state index contributed by atoms with van der Waals surface area (Å²) in [4.78, 5) is 40.0. The van der Waals surface area contributed by atoms with E-state index in [0.717, 1.165) is 0 Å². The summed E-state index contributed by atoms with van der Waals surface area (Å²) in [6.07, 6.45) is 0.321. The Kier molecular flexibility index (Phi) is 5.41. The molecule has 0 aliphatic carbocycles. The molecule has 0 fully saturated rings. The van der Waals surface area contributed by atoms with Gasteiger partial charge in [0.2, 0.25) is 0 Å². The first-order chi connectivity index (χ1) is 13.3. The van der Waals surface area contributed by atoms with Crippen molar-refractivity contribution in [3.8, 4) is 5.69 Å². The summed E-state index contributed by atoms with van der Waals surface area (Å²) in [6, 6.07) is 10.5. The van der Waals surface area contributed by atoms with E-state index >= 15 is 0 Å². The van der Waals surface area contributed by atoms with Gasteiger partial charge in [0.15, 0.2) is 6.10 Å². The Balaban J connectivity index is 1.79. The van der Waals surface area contributed by atoms with Crippen molar-refractivity contribution in [1.82, 2.24) is 14.3 Å². The molecule has 1 amide bonds. The van der Waals surface area contributed by atoms with E-state index in [1.165, 1.54) is 23.9 Å². The predicted molar refractivity (Wildman–Crippen MR) is 105 cm³/mol. The Labute approximate surface area is 165 Å². The van der Waals surface area contributed by atoms with Crippen LogP contribution < -0.4 is 10.9 Å². The number of rotatable bonds is 5. The monoisotopic (exact) mass is 402 g/mol. The van der Waals surface area contributed by atoms with E-state index in [0.29, 0.717) is 16.4 Å². The van der Waals surface area contributed by atoms with Crippen LogP contribution in [-0.2, 0) is 16.6 Å². The van der Waals surface area contributed by atoms with Crippen LogP contribution >= 0.6 is 11.6 Å². The first-order valence-corrected chi connectivity index (χ1v) is 8.87. The van der Waals surface area contributed by atoms with Crippen molar-refractivity contribution in [2.75, 3.05) is 5.32 Å². The average Bonchev–Trinajstić information content (AvgIpc) is 3.20. The highest BCUT2D eigenvalue weighted by atomic mass is 35.5. The number of para-hydroxylation sites is 1. The lowest BCUT2D eigenvalue weighted by Crippen LogP contribution is -2.32. The van der Waals surface area contributed by atoms with Crippen molar-refractivity contribution in [3.63, 3.8) is 0 Å². The fourth-order valence-corrected chi connectivity index (χ4v) is 2.86. The summed E-state index contributed by atoms with van der Waals surface area (Å²) < 4.78 is 8.22. The van der Waals surface area contributed by atoms with Crippen LogP contribution in [0.5, 0.6) is 0 Å². The third-order valence-corrected chi connectivity index (χ3v) is 4.54. The SMILES string of the molecule is Cc1c(NC(=O)C(C)OC(=O)c2cc(Cl)c[nH]2)c(=O)n(-c2ccccc2)n1C. The number of esters is 1. The zero-order valence-corrected chi connectivity index (χ0v) is 16.3. The molecule has 1 atom stereocenters. The molecule has 9 heteroatoms. The summed E-state index contributed by atoms with van der Waals surface area (Å²) in [5, 5.41) is 2.92. The van der Waals surface area contributed by atoms with Crippen LogP contribution in [0.3, 0.4) is 0 Å². The van der Waals surface area contributed by atoms with Crippen molar-refractivity contribution in [2.45, 2.75) is 20.0 Å². The van der Waals surface area contributed by atoms with Crippen molar-refractivity contribution < 1.29 is 14.3 Å². The highest BCUT2D eigenvalue weighted by molar-refractivity contribution is 6.30. The van der Waals surface area contributed by atoms with Crippen molar-refractivity contribution in [1.29, 1.82) is 0 Å². The number of benzene rings is 1. The summed E-state index contributed by atoms with van der Waals surface area (Å²) in [7, 11) is 1.72. The smallest absolute Gasteiger partial charge is 0.355 e. The van der Waals surface area contributed by atoms with Gasteiger partial charge >= 0.3 is 5.97 Å². The fourth-order valence-electron chi connectivity index (χ4n) is 2.70. The minimum Gasteiger partial charge on any atom is -0.448 e. The van der Waals surface area contributed by atoms with Crippen molar-refractivity contribution in [2.24, 2.45) is 7.05 Å². The van der Waals surface area contributed by atoms with Crippen LogP contribution in [0.4, 0.5) is 5.69 Å². The van der Waals surface area contributed by atoms with Crippen LogP contribution in [0.15, 0.2) is 47.4 Å². The number of halogens is 1. The zero-order chi connectivity index (χ0) is 20.4.